The Hall–Kier alpha value is -2.04. The van der Waals surface area contributed by atoms with Crippen LogP contribution in [0.15, 0.2) is 27.4 Å². The molecule has 0 saturated heterocycles. The maximum absolute atomic E-state index is 12.4. The van der Waals surface area contributed by atoms with Crippen LogP contribution in [-0.2, 0) is 0 Å². The van der Waals surface area contributed by atoms with Gasteiger partial charge in [0.15, 0.2) is 5.58 Å². The van der Waals surface area contributed by atoms with Crippen molar-refractivity contribution in [2.24, 2.45) is 5.92 Å². The van der Waals surface area contributed by atoms with Gasteiger partial charge in [0, 0.05) is 11.6 Å². The topological polar surface area (TPSA) is 75.1 Å². The maximum Gasteiger partial charge on any atom is 0.417 e. The van der Waals surface area contributed by atoms with Gasteiger partial charge < -0.3 is 9.73 Å². The molecule has 1 heterocycles. The summed E-state index contributed by atoms with van der Waals surface area (Å²) in [6.07, 6.45) is 5.87. The van der Waals surface area contributed by atoms with Crippen LogP contribution in [0, 0.1) is 5.92 Å². The largest absolute Gasteiger partial charge is 0.417 e. The molecule has 0 radical (unpaired) electrons. The lowest BCUT2D eigenvalue weighted by atomic mass is 9.95. The molecule has 2 N–H and O–H groups in total. The quantitative estimate of drug-likeness (QED) is 0.908. The summed E-state index contributed by atoms with van der Waals surface area (Å²) in [6.45, 7) is 2.11. The minimum absolute atomic E-state index is 0.0855. The Morgan fingerprint density at radius 3 is 2.90 bits per heavy atom. The number of aromatic nitrogens is 1. The number of hydrogen-bond acceptors (Lipinski definition) is 3. The van der Waals surface area contributed by atoms with Gasteiger partial charge in [-0.05, 0) is 43.4 Å². The number of carbonyl (C=O) groups excluding carboxylic acids is 1. The predicted molar refractivity (Wildman–Crippen MR) is 80.3 cm³/mol. The average Bonchev–Trinajstić information content (AvgIpc) is 3.11. The van der Waals surface area contributed by atoms with Gasteiger partial charge in [-0.15, -0.1) is 0 Å². The minimum Gasteiger partial charge on any atom is -0.408 e. The van der Waals surface area contributed by atoms with E-state index in [1.807, 2.05) is 0 Å². The summed E-state index contributed by atoms with van der Waals surface area (Å²) in [5, 5.41) is 3.13. The van der Waals surface area contributed by atoms with Crippen LogP contribution in [0.2, 0.25) is 0 Å². The van der Waals surface area contributed by atoms with Crippen molar-refractivity contribution >= 4 is 17.0 Å². The van der Waals surface area contributed by atoms with E-state index in [0.29, 0.717) is 22.6 Å². The van der Waals surface area contributed by atoms with E-state index in [9.17, 15) is 9.59 Å². The molecule has 21 heavy (non-hydrogen) atoms. The number of H-pyrrole nitrogens is 1. The summed E-state index contributed by atoms with van der Waals surface area (Å²) in [6, 6.07) is 5.24. The van der Waals surface area contributed by atoms with Crippen LogP contribution in [0.5, 0.6) is 0 Å². The number of nitrogens with one attached hydrogen (secondary N) is 2. The van der Waals surface area contributed by atoms with Crippen molar-refractivity contribution in [1.29, 1.82) is 0 Å². The molecule has 1 atom stereocenters. The molecular formula is C16H20N2O3. The van der Waals surface area contributed by atoms with Gasteiger partial charge in [0.05, 0.1) is 5.52 Å². The normalized spacial score (nSPS) is 17.2. The first-order valence-corrected chi connectivity index (χ1v) is 7.61. The lowest BCUT2D eigenvalue weighted by molar-refractivity contribution is 0.0921. The Morgan fingerprint density at radius 2 is 2.19 bits per heavy atom. The first kappa shape index (κ1) is 13.9. The summed E-state index contributed by atoms with van der Waals surface area (Å²) in [5.74, 6) is 0.00839. The van der Waals surface area contributed by atoms with Crippen LogP contribution >= 0.6 is 0 Å². The molecular weight excluding hydrogens is 268 g/mol. The predicted octanol–water partition coefficient (Wildman–Crippen LogP) is 2.82. The van der Waals surface area contributed by atoms with Gasteiger partial charge in [0.1, 0.15) is 0 Å². The standard InChI is InChI=1S/C16H20N2O3/c1-2-12(10-5-3-4-6-10)17-15(19)11-7-8-14-13(9-11)18-16(20)21-14/h7-10,12H,2-6H2,1H3,(H,17,19)(H,18,20). The van der Waals surface area contributed by atoms with Gasteiger partial charge in [0.2, 0.25) is 0 Å². The van der Waals surface area contributed by atoms with Crippen molar-refractivity contribution in [2.75, 3.05) is 0 Å². The van der Waals surface area contributed by atoms with Crippen molar-refractivity contribution < 1.29 is 9.21 Å². The van der Waals surface area contributed by atoms with Gasteiger partial charge in [-0.2, -0.15) is 0 Å². The van der Waals surface area contributed by atoms with Crippen molar-refractivity contribution in [3.05, 3.63) is 34.3 Å². The van der Waals surface area contributed by atoms with E-state index in [-0.39, 0.29) is 11.9 Å². The smallest absolute Gasteiger partial charge is 0.408 e. The monoisotopic (exact) mass is 288 g/mol. The molecule has 1 amide bonds. The Bertz CT molecular complexity index is 695. The van der Waals surface area contributed by atoms with Crippen molar-refractivity contribution in [3.8, 4) is 0 Å². The second-order valence-corrected chi connectivity index (χ2v) is 5.76. The number of fused-ring (bicyclic) bond motifs is 1. The summed E-state index contributed by atoms with van der Waals surface area (Å²) in [5.41, 5.74) is 1.58. The second-order valence-electron chi connectivity index (χ2n) is 5.76. The number of rotatable bonds is 4. The van der Waals surface area contributed by atoms with E-state index < -0.39 is 5.76 Å². The van der Waals surface area contributed by atoms with E-state index in [2.05, 4.69) is 17.2 Å². The molecule has 1 aliphatic carbocycles. The zero-order valence-corrected chi connectivity index (χ0v) is 12.1. The van der Waals surface area contributed by atoms with E-state index in [4.69, 9.17) is 4.42 Å². The zero-order valence-electron chi connectivity index (χ0n) is 12.1. The van der Waals surface area contributed by atoms with Crippen LogP contribution in [-0.4, -0.2) is 16.9 Å². The average molecular weight is 288 g/mol. The van der Waals surface area contributed by atoms with Gasteiger partial charge >= 0.3 is 5.76 Å². The fraction of sp³-hybridized carbons (Fsp3) is 0.500. The third kappa shape index (κ3) is 2.86. The molecule has 1 fully saturated rings. The fourth-order valence-electron chi connectivity index (χ4n) is 3.26. The second kappa shape index (κ2) is 5.76. The van der Waals surface area contributed by atoms with Crippen molar-refractivity contribution in [3.63, 3.8) is 0 Å². The first-order valence-electron chi connectivity index (χ1n) is 7.61. The third-order valence-electron chi connectivity index (χ3n) is 4.41. The lowest BCUT2D eigenvalue weighted by Crippen LogP contribution is -2.39. The highest BCUT2D eigenvalue weighted by atomic mass is 16.4. The molecule has 112 valence electrons. The van der Waals surface area contributed by atoms with Crippen molar-refractivity contribution in [1.82, 2.24) is 10.3 Å². The van der Waals surface area contributed by atoms with Gasteiger partial charge in [-0.25, -0.2) is 4.79 Å². The van der Waals surface area contributed by atoms with Gasteiger partial charge in [-0.1, -0.05) is 19.8 Å². The number of oxazole rings is 1. The third-order valence-corrected chi connectivity index (χ3v) is 4.41. The van der Waals surface area contributed by atoms with E-state index in [1.54, 1.807) is 18.2 Å². The highest BCUT2D eigenvalue weighted by Gasteiger charge is 2.25. The molecule has 1 saturated carbocycles. The molecule has 1 aromatic heterocycles. The van der Waals surface area contributed by atoms with Crippen LogP contribution < -0.4 is 11.1 Å². The van der Waals surface area contributed by atoms with Gasteiger partial charge in [-0.3, -0.25) is 9.78 Å². The Labute approximate surface area is 122 Å². The van der Waals surface area contributed by atoms with Gasteiger partial charge in [0.25, 0.3) is 5.91 Å². The molecule has 3 rings (SSSR count). The van der Waals surface area contributed by atoms with Crippen LogP contribution in [0.4, 0.5) is 0 Å². The highest BCUT2D eigenvalue weighted by Crippen LogP contribution is 2.29. The Balaban J connectivity index is 1.77. The molecule has 1 aromatic carbocycles. The Morgan fingerprint density at radius 1 is 1.43 bits per heavy atom. The summed E-state index contributed by atoms with van der Waals surface area (Å²) >= 11 is 0. The van der Waals surface area contributed by atoms with Crippen LogP contribution in [0.1, 0.15) is 49.4 Å². The molecule has 2 aromatic rings. The number of hydrogen-bond donors (Lipinski definition) is 2. The number of aromatic amines is 1. The summed E-state index contributed by atoms with van der Waals surface area (Å²) in [7, 11) is 0. The summed E-state index contributed by atoms with van der Waals surface area (Å²) < 4.78 is 4.94. The van der Waals surface area contributed by atoms with Crippen LogP contribution in [0.3, 0.4) is 0 Å². The Kier molecular flexibility index (Phi) is 3.82. The van der Waals surface area contributed by atoms with E-state index in [0.717, 1.165) is 6.42 Å². The summed E-state index contributed by atoms with van der Waals surface area (Å²) in [4.78, 5) is 26.1. The highest BCUT2D eigenvalue weighted by molar-refractivity contribution is 5.97. The molecule has 1 aliphatic rings. The molecule has 1 unspecified atom stereocenters. The fourth-order valence-corrected chi connectivity index (χ4v) is 3.26. The molecule has 0 spiro atoms. The maximum atomic E-state index is 12.4. The molecule has 0 bridgehead atoms. The van der Waals surface area contributed by atoms with Crippen LogP contribution in [0.25, 0.3) is 11.1 Å². The zero-order chi connectivity index (χ0) is 14.8. The first-order chi connectivity index (χ1) is 10.2. The van der Waals surface area contributed by atoms with E-state index in [1.165, 1.54) is 25.7 Å². The molecule has 5 heteroatoms. The molecule has 0 aliphatic heterocycles. The number of benzene rings is 1. The van der Waals surface area contributed by atoms with Crippen molar-refractivity contribution in [2.45, 2.75) is 45.1 Å². The minimum atomic E-state index is -0.500. The number of amides is 1. The number of carbonyl (C=O) groups is 1. The van der Waals surface area contributed by atoms with E-state index >= 15 is 0 Å². The molecule has 5 nitrogen and oxygen atoms in total. The lowest BCUT2D eigenvalue weighted by Gasteiger charge is -2.23. The SMILES string of the molecule is CCC(NC(=O)c1ccc2oc(=O)[nH]c2c1)C1CCCC1.